The zero-order valence-corrected chi connectivity index (χ0v) is 21.1. The molecule has 0 fully saturated rings. The molecule has 2 aromatic rings. The lowest BCUT2D eigenvalue weighted by atomic mass is 9.58. The van der Waals surface area contributed by atoms with Gasteiger partial charge < -0.3 is 10.2 Å². The van der Waals surface area contributed by atoms with Crippen molar-refractivity contribution >= 4 is 37.8 Å². The lowest BCUT2D eigenvalue weighted by Crippen LogP contribution is -2.31. The lowest BCUT2D eigenvalue weighted by Gasteiger charge is -2.26. The van der Waals surface area contributed by atoms with E-state index in [0.717, 1.165) is 58.5 Å². The van der Waals surface area contributed by atoms with Gasteiger partial charge in [-0.15, -0.1) is 0 Å². The van der Waals surface area contributed by atoms with Gasteiger partial charge in [0.05, 0.1) is 11.5 Å². The summed E-state index contributed by atoms with van der Waals surface area (Å²) in [6.45, 7) is 8.36. The Bertz CT molecular complexity index is 1150. The Morgan fingerprint density at radius 2 is 1.82 bits per heavy atom. The summed E-state index contributed by atoms with van der Waals surface area (Å²) in [6.07, 6.45) is 3.51. The maximum Gasteiger partial charge on any atom is 0.248 e. The highest BCUT2D eigenvalue weighted by Gasteiger charge is 2.31. The van der Waals surface area contributed by atoms with E-state index in [0.29, 0.717) is 12.0 Å². The first-order valence-electron chi connectivity index (χ1n) is 12.3. The van der Waals surface area contributed by atoms with Gasteiger partial charge in [-0.2, -0.15) is 0 Å². The van der Waals surface area contributed by atoms with Gasteiger partial charge in [0.25, 0.3) is 0 Å². The van der Waals surface area contributed by atoms with E-state index in [-0.39, 0.29) is 30.5 Å². The van der Waals surface area contributed by atoms with Gasteiger partial charge in [-0.05, 0) is 47.9 Å². The number of nitrogens with one attached hydrogen (secondary N) is 1. The molecule has 0 saturated carbocycles. The number of benzene rings is 2. The second kappa shape index (κ2) is 11.4. The van der Waals surface area contributed by atoms with Crippen LogP contribution in [0, 0.1) is 17.2 Å². The standard InChI is InChI=1S/C28H34B2N2O2/c1-5-6-11-24-23(26(33)18(4)25(32-24)17(2)3)16-19-12-14-20(15-13-19)21-9-7-8-10-22(21)27(31)30-28(29)34/h7-10,12-15,17-18,30-31H,5-6,11,16,29H2,1-4H3. The number of unbranched alkanes of at least 4 members (excludes halogenated alkanes) is 1. The molecule has 1 atom stereocenters. The monoisotopic (exact) mass is 452 g/mol. The van der Waals surface area contributed by atoms with E-state index >= 15 is 0 Å². The highest BCUT2D eigenvalue weighted by atomic mass is 16.1. The average molecular weight is 452 g/mol. The fraction of sp³-hybridized carbons (Fsp3) is 0.357. The molecule has 4 nitrogen and oxygen atoms in total. The molecule has 1 heterocycles. The highest BCUT2D eigenvalue weighted by Crippen LogP contribution is 2.31. The summed E-state index contributed by atoms with van der Waals surface area (Å²) in [4.78, 5) is 29.8. The third kappa shape index (κ3) is 5.91. The predicted molar refractivity (Wildman–Crippen MR) is 146 cm³/mol. The summed E-state index contributed by atoms with van der Waals surface area (Å²) in [7, 11) is 1.64. The molecule has 174 valence electrons. The molecular formula is C28H34B2N2O2. The summed E-state index contributed by atoms with van der Waals surface area (Å²) < 4.78 is 0. The summed E-state index contributed by atoms with van der Waals surface area (Å²) >= 11 is 0. The minimum atomic E-state index is -0.168. The molecule has 1 aliphatic heterocycles. The summed E-state index contributed by atoms with van der Waals surface area (Å²) in [5, 5.41) is 8.35. The Morgan fingerprint density at radius 1 is 1.15 bits per heavy atom. The van der Waals surface area contributed by atoms with Crippen LogP contribution >= 0.6 is 0 Å². The molecule has 0 aliphatic carbocycles. The summed E-state index contributed by atoms with van der Waals surface area (Å²) in [6, 6.07) is 15.9. The van der Waals surface area contributed by atoms with Gasteiger partial charge in [0.2, 0.25) is 7.28 Å². The Hall–Kier alpha value is -3.01. The van der Waals surface area contributed by atoms with Crippen LogP contribution < -0.4 is 0 Å². The first kappa shape index (κ1) is 25.6. The fourth-order valence-corrected chi connectivity index (χ4v) is 4.58. The maximum atomic E-state index is 13.3. The van der Waals surface area contributed by atoms with Crippen molar-refractivity contribution in [2.45, 2.75) is 53.4 Å². The van der Waals surface area contributed by atoms with E-state index in [1.165, 1.54) is 7.85 Å². The Morgan fingerprint density at radius 3 is 2.44 bits per heavy atom. The zero-order chi connectivity index (χ0) is 24.8. The predicted octanol–water partition coefficient (Wildman–Crippen LogP) is 5.17. The van der Waals surface area contributed by atoms with Crippen molar-refractivity contribution in [1.82, 2.24) is 0 Å². The molecule has 0 bridgehead atoms. The maximum absolute atomic E-state index is 13.3. The van der Waals surface area contributed by atoms with Crippen molar-refractivity contribution in [3.8, 4) is 11.1 Å². The third-order valence-corrected chi connectivity index (χ3v) is 6.43. The van der Waals surface area contributed by atoms with Crippen LogP contribution in [-0.4, -0.2) is 37.8 Å². The SMILES string of the molecule is BC(=O)BC(=N)c1ccccc1-c1ccc(CC2=C(CCCC)N=C(C(C)C)C(C)C2=O)cc1. The number of carbonyl (C=O) groups is 2. The minimum absolute atomic E-state index is 0.0167. The van der Waals surface area contributed by atoms with Crippen LogP contribution in [-0.2, 0) is 11.2 Å². The van der Waals surface area contributed by atoms with Crippen molar-refractivity contribution in [1.29, 1.82) is 5.41 Å². The molecule has 0 radical (unpaired) electrons. The van der Waals surface area contributed by atoms with E-state index in [1.54, 1.807) is 0 Å². The molecule has 3 rings (SSSR count). The van der Waals surface area contributed by atoms with E-state index < -0.39 is 0 Å². The summed E-state index contributed by atoms with van der Waals surface area (Å²) in [5.41, 5.74) is 6.92. The van der Waals surface area contributed by atoms with Crippen LogP contribution in [0.5, 0.6) is 0 Å². The molecule has 0 aromatic heterocycles. The first-order chi connectivity index (χ1) is 16.2. The average Bonchev–Trinajstić information content (AvgIpc) is 2.81. The zero-order valence-electron chi connectivity index (χ0n) is 21.1. The van der Waals surface area contributed by atoms with E-state index in [9.17, 15) is 9.59 Å². The first-order valence-corrected chi connectivity index (χ1v) is 12.3. The Balaban J connectivity index is 1.91. The van der Waals surface area contributed by atoms with Gasteiger partial charge in [0, 0.05) is 29.0 Å². The molecule has 0 spiro atoms. The van der Waals surface area contributed by atoms with Gasteiger partial charge in [0.1, 0.15) is 0 Å². The number of nitrogens with zero attached hydrogens (tertiary/aromatic N) is 1. The van der Waals surface area contributed by atoms with Crippen LogP contribution in [0.2, 0.25) is 0 Å². The van der Waals surface area contributed by atoms with Crippen molar-refractivity contribution in [2.75, 3.05) is 0 Å². The molecule has 1 aliphatic rings. The normalized spacial score (nSPS) is 16.0. The molecule has 2 aromatic carbocycles. The fourth-order valence-electron chi connectivity index (χ4n) is 4.58. The number of hydrogen-bond donors (Lipinski definition) is 1. The number of hydrogen-bond acceptors (Lipinski definition) is 4. The number of aliphatic imine (C=N–C) groups is 1. The number of carbonyl (C=O) groups excluding carboxylic acids is 2. The molecule has 0 saturated heterocycles. The van der Waals surface area contributed by atoms with Gasteiger partial charge >= 0.3 is 0 Å². The number of ketones is 1. The van der Waals surface area contributed by atoms with Crippen LogP contribution in [0.1, 0.15) is 58.1 Å². The molecule has 34 heavy (non-hydrogen) atoms. The second-order valence-electron chi connectivity index (χ2n) is 9.58. The van der Waals surface area contributed by atoms with Crippen LogP contribution in [0.3, 0.4) is 0 Å². The Labute approximate surface area is 205 Å². The quantitative estimate of drug-likeness (QED) is 0.399. The van der Waals surface area contributed by atoms with Crippen molar-refractivity contribution < 1.29 is 9.59 Å². The van der Waals surface area contributed by atoms with Crippen molar-refractivity contribution in [3.05, 3.63) is 70.9 Å². The van der Waals surface area contributed by atoms with Gasteiger partial charge in [-0.3, -0.25) is 9.79 Å². The highest BCUT2D eigenvalue weighted by molar-refractivity contribution is 7.12. The third-order valence-electron chi connectivity index (χ3n) is 6.43. The number of rotatable bonds is 10. The largest absolute Gasteiger partial charge is 0.323 e. The second-order valence-corrected chi connectivity index (χ2v) is 9.58. The van der Waals surface area contributed by atoms with Crippen LogP contribution in [0.4, 0.5) is 4.79 Å². The molecule has 1 N–H and O–H groups in total. The summed E-state index contributed by atoms with van der Waals surface area (Å²) in [5.74, 6) is 0.300. The van der Waals surface area contributed by atoms with Gasteiger partial charge in [-0.25, -0.2) is 0 Å². The minimum Gasteiger partial charge on any atom is -0.323 e. The van der Waals surface area contributed by atoms with Crippen molar-refractivity contribution in [3.63, 3.8) is 0 Å². The molecule has 0 amide bonds. The van der Waals surface area contributed by atoms with Gasteiger partial charge in [-0.1, -0.05) is 75.7 Å². The van der Waals surface area contributed by atoms with E-state index in [2.05, 4.69) is 32.9 Å². The molecule has 1 unspecified atom stereocenters. The van der Waals surface area contributed by atoms with E-state index in [4.69, 9.17) is 10.4 Å². The molecular weight excluding hydrogens is 418 g/mol. The molecule has 6 heteroatoms. The van der Waals surface area contributed by atoms with Crippen molar-refractivity contribution in [2.24, 2.45) is 16.8 Å². The van der Waals surface area contributed by atoms with E-state index in [1.807, 2.05) is 43.3 Å². The Kier molecular flexibility index (Phi) is 8.60. The van der Waals surface area contributed by atoms with Crippen LogP contribution in [0.25, 0.3) is 11.1 Å². The lowest BCUT2D eigenvalue weighted by molar-refractivity contribution is -0.117. The number of Topliss-reactive ketones (excluding diaryl/α,β-unsaturated/α-hetero) is 1. The van der Waals surface area contributed by atoms with Crippen LogP contribution in [0.15, 0.2) is 64.8 Å². The smallest absolute Gasteiger partial charge is 0.248 e. The topological polar surface area (TPSA) is 70.3 Å². The number of allylic oxidation sites excluding steroid dienone is 2. The van der Waals surface area contributed by atoms with Gasteiger partial charge in [0.15, 0.2) is 13.6 Å².